The lowest BCUT2D eigenvalue weighted by molar-refractivity contribution is -0.379. The number of aliphatic hydroxyl groups excluding tert-OH is 11. The van der Waals surface area contributed by atoms with Crippen LogP contribution in [-0.2, 0) is 33.2 Å². The number of carbonyl (C=O) groups is 1. The zero-order valence-electron chi connectivity index (χ0n) is 48.6. The van der Waals surface area contributed by atoms with Gasteiger partial charge in [-0.05, 0) is 19.3 Å². The van der Waals surface area contributed by atoms with E-state index in [0.717, 1.165) is 44.9 Å². The maximum absolute atomic E-state index is 13.3. The van der Waals surface area contributed by atoms with Crippen LogP contribution in [0.3, 0.4) is 0 Å². The second-order valence-corrected chi connectivity index (χ2v) is 22.9. The van der Waals surface area contributed by atoms with Crippen molar-refractivity contribution in [3.05, 3.63) is 12.2 Å². The number of nitrogens with one attached hydrogen (secondary N) is 1. The fourth-order valence-corrected chi connectivity index (χ4v) is 10.9. The van der Waals surface area contributed by atoms with Crippen LogP contribution >= 0.6 is 0 Å². The topological polar surface area (TPSA) is 307 Å². The van der Waals surface area contributed by atoms with Gasteiger partial charge in [0.15, 0.2) is 18.9 Å². The standard InChI is InChI=1S/C60H113NO18/c1-3-5-7-9-11-13-15-17-19-20-21-22-23-24-25-27-29-31-33-35-37-44(65)43(61-48(66)38-36-34-32-30-28-26-18-16-14-12-10-8-6-4-2)42-74-58-54(72)51(69)56(46(40-63)76-58)79-60-55(73)52(70)57(47(41-64)77-60)78-59-53(71)50(68)49(67)45(39-62)75-59/h35,37,43-47,49-60,62-65,67-73H,3-34,36,38-42H2,1-2H3,(H,61,66)/b37-35+. The zero-order valence-corrected chi connectivity index (χ0v) is 48.6. The van der Waals surface area contributed by atoms with E-state index in [1.807, 2.05) is 6.08 Å². The van der Waals surface area contributed by atoms with Gasteiger partial charge in [0, 0.05) is 6.42 Å². The van der Waals surface area contributed by atoms with Gasteiger partial charge in [-0.2, -0.15) is 0 Å². The largest absolute Gasteiger partial charge is 0.394 e. The maximum Gasteiger partial charge on any atom is 0.220 e. The molecule has 0 aromatic carbocycles. The first kappa shape index (κ1) is 71.8. The molecule has 0 aromatic rings. The van der Waals surface area contributed by atoms with Gasteiger partial charge in [0.25, 0.3) is 0 Å². The fraction of sp³-hybridized carbons (Fsp3) is 0.950. The molecular formula is C60H113NO18. The van der Waals surface area contributed by atoms with Crippen molar-refractivity contribution in [2.24, 2.45) is 0 Å². The molecule has 3 rings (SSSR count). The molecule has 466 valence electrons. The highest BCUT2D eigenvalue weighted by Gasteiger charge is 2.53. The number of aliphatic hydroxyl groups is 11. The molecule has 17 atom stereocenters. The number of rotatable bonds is 47. The molecule has 0 saturated carbocycles. The predicted octanol–water partition coefficient (Wildman–Crippen LogP) is 6.16. The molecule has 3 saturated heterocycles. The molecule has 79 heavy (non-hydrogen) atoms. The van der Waals surface area contributed by atoms with E-state index in [4.69, 9.17) is 28.4 Å². The van der Waals surface area contributed by atoms with E-state index in [9.17, 15) is 61.0 Å². The molecule has 0 aromatic heterocycles. The van der Waals surface area contributed by atoms with Crippen molar-refractivity contribution in [1.29, 1.82) is 0 Å². The van der Waals surface area contributed by atoms with Crippen LogP contribution in [0, 0.1) is 0 Å². The highest BCUT2D eigenvalue weighted by molar-refractivity contribution is 5.76. The van der Waals surface area contributed by atoms with E-state index in [-0.39, 0.29) is 18.9 Å². The maximum atomic E-state index is 13.3. The van der Waals surface area contributed by atoms with Gasteiger partial charge in [-0.1, -0.05) is 219 Å². The normalized spacial score (nSPS) is 30.3. The van der Waals surface area contributed by atoms with E-state index in [1.165, 1.54) is 161 Å². The summed E-state index contributed by atoms with van der Waals surface area (Å²) in [4.78, 5) is 13.3. The quantitative estimate of drug-likeness (QED) is 0.0240. The van der Waals surface area contributed by atoms with Crippen LogP contribution in [0.25, 0.3) is 0 Å². The Kier molecular flexibility index (Phi) is 40.1. The third-order valence-corrected chi connectivity index (χ3v) is 16.1. The lowest BCUT2D eigenvalue weighted by atomic mass is 9.96. The summed E-state index contributed by atoms with van der Waals surface area (Å²) in [6.07, 6.45) is 17.6. The van der Waals surface area contributed by atoms with Gasteiger partial charge in [-0.3, -0.25) is 4.79 Å². The number of allylic oxidation sites excluding steroid dienone is 1. The highest BCUT2D eigenvalue weighted by Crippen LogP contribution is 2.33. The molecule has 0 radical (unpaired) electrons. The zero-order chi connectivity index (χ0) is 57.6. The Morgan fingerprint density at radius 3 is 1.19 bits per heavy atom. The van der Waals surface area contributed by atoms with E-state index < -0.39 is 124 Å². The van der Waals surface area contributed by atoms with Gasteiger partial charge in [-0.15, -0.1) is 0 Å². The average Bonchev–Trinajstić information content (AvgIpc) is 3.51. The Balaban J connectivity index is 1.49. The SMILES string of the molecule is CCCCCCCCCCCCCCCCCCCC/C=C/C(O)C(COC1OC(CO)C(OC2OC(CO)C(OC3OC(CO)C(O)C(O)C3O)C(O)C2O)C(O)C1O)NC(=O)CCCCCCCCCCCCCCCC. The second-order valence-electron chi connectivity index (χ2n) is 22.9. The molecule has 19 nitrogen and oxygen atoms in total. The first-order valence-electron chi connectivity index (χ1n) is 31.4. The van der Waals surface area contributed by atoms with Gasteiger partial charge in [0.2, 0.25) is 5.91 Å². The van der Waals surface area contributed by atoms with Gasteiger partial charge in [-0.25, -0.2) is 0 Å². The molecule has 0 bridgehead atoms. The number of hydrogen-bond donors (Lipinski definition) is 12. The van der Waals surface area contributed by atoms with E-state index in [1.54, 1.807) is 6.08 Å². The van der Waals surface area contributed by atoms with Crippen LogP contribution in [0.4, 0.5) is 0 Å². The molecule has 1 amide bonds. The summed E-state index contributed by atoms with van der Waals surface area (Å²) in [5.41, 5.74) is 0. The highest BCUT2D eigenvalue weighted by atomic mass is 16.8. The summed E-state index contributed by atoms with van der Waals surface area (Å²) < 4.78 is 34.3. The van der Waals surface area contributed by atoms with Gasteiger partial charge in [0.05, 0.1) is 38.6 Å². The molecule has 0 spiro atoms. The number of carbonyl (C=O) groups excluding carboxylic acids is 1. The third-order valence-electron chi connectivity index (χ3n) is 16.1. The minimum absolute atomic E-state index is 0.249. The summed E-state index contributed by atoms with van der Waals surface area (Å²) in [6.45, 7) is 1.74. The Hall–Kier alpha value is -1.47. The summed E-state index contributed by atoms with van der Waals surface area (Å²) in [6, 6.07) is -0.967. The molecule has 3 aliphatic rings. The summed E-state index contributed by atoms with van der Waals surface area (Å²) in [5.74, 6) is -0.273. The lowest BCUT2D eigenvalue weighted by Gasteiger charge is -2.48. The molecule has 17 unspecified atom stereocenters. The summed E-state index contributed by atoms with van der Waals surface area (Å²) >= 11 is 0. The van der Waals surface area contributed by atoms with Crippen LogP contribution in [0.2, 0.25) is 0 Å². The first-order chi connectivity index (χ1) is 38.3. The number of amides is 1. The molecule has 3 heterocycles. The van der Waals surface area contributed by atoms with Gasteiger partial charge < -0.3 is 89.9 Å². The molecule has 0 aliphatic carbocycles. The van der Waals surface area contributed by atoms with E-state index in [0.29, 0.717) is 6.42 Å². The summed E-state index contributed by atoms with van der Waals surface area (Å²) in [7, 11) is 0. The molecule has 19 heteroatoms. The van der Waals surface area contributed by atoms with Crippen LogP contribution in [0.1, 0.15) is 232 Å². The van der Waals surface area contributed by atoms with Crippen molar-refractivity contribution in [2.45, 2.75) is 336 Å². The van der Waals surface area contributed by atoms with Crippen molar-refractivity contribution in [1.82, 2.24) is 5.32 Å². The Labute approximate surface area is 474 Å². The van der Waals surface area contributed by atoms with Crippen molar-refractivity contribution >= 4 is 5.91 Å². The molecular weight excluding hydrogens is 1020 g/mol. The number of unbranched alkanes of at least 4 members (excludes halogenated alkanes) is 31. The van der Waals surface area contributed by atoms with E-state index in [2.05, 4.69) is 19.2 Å². The van der Waals surface area contributed by atoms with Gasteiger partial charge in [0.1, 0.15) is 73.2 Å². The molecule has 12 N–H and O–H groups in total. The first-order valence-corrected chi connectivity index (χ1v) is 31.4. The van der Waals surface area contributed by atoms with Crippen LogP contribution in [0.15, 0.2) is 12.2 Å². The smallest absolute Gasteiger partial charge is 0.220 e. The average molecular weight is 1140 g/mol. The minimum atomic E-state index is -1.97. The number of ether oxygens (including phenoxy) is 6. The Bertz CT molecular complexity index is 1500. The minimum Gasteiger partial charge on any atom is -0.394 e. The third kappa shape index (κ3) is 27.9. The molecule has 3 fully saturated rings. The van der Waals surface area contributed by atoms with E-state index >= 15 is 0 Å². The molecule has 3 aliphatic heterocycles. The monoisotopic (exact) mass is 1140 g/mol. The number of hydrogen-bond acceptors (Lipinski definition) is 18. The van der Waals surface area contributed by atoms with Crippen molar-refractivity contribution in [3.63, 3.8) is 0 Å². The van der Waals surface area contributed by atoms with Crippen molar-refractivity contribution < 1.29 is 89.4 Å². The van der Waals surface area contributed by atoms with Crippen LogP contribution < -0.4 is 5.32 Å². The van der Waals surface area contributed by atoms with Gasteiger partial charge >= 0.3 is 0 Å². The van der Waals surface area contributed by atoms with Crippen molar-refractivity contribution in [2.75, 3.05) is 26.4 Å². The predicted molar refractivity (Wildman–Crippen MR) is 300 cm³/mol. The second kappa shape index (κ2) is 44.1. The Morgan fingerprint density at radius 1 is 0.443 bits per heavy atom. The van der Waals surface area contributed by atoms with Crippen LogP contribution in [-0.4, -0.2) is 193 Å². The fourth-order valence-electron chi connectivity index (χ4n) is 10.9. The van der Waals surface area contributed by atoms with Crippen LogP contribution in [0.5, 0.6) is 0 Å². The summed E-state index contributed by atoms with van der Waals surface area (Å²) in [5, 5.41) is 120. The lowest BCUT2D eigenvalue weighted by Crippen LogP contribution is -2.66. The Morgan fingerprint density at radius 2 is 0.785 bits per heavy atom. The van der Waals surface area contributed by atoms with Crippen molar-refractivity contribution in [3.8, 4) is 0 Å².